The van der Waals surface area contributed by atoms with Crippen LogP contribution in [0.1, 0.15) is 27.5 Å². The molecule has 1 aromatic carbocycles. The van der Waals surface area contributed by atoms with Gasteiger partial charge in [-0.15, -0.1) is 11.6 Å². The van der Waals surface area contributed by atoms with Gasteiger partial charge >= 0.3 is 12.1 Å². The number of ether oxygens (including phenoxy) is 1. The summed E-state index contributed by atoms with van der Waals surface area (Å²) in [5.74, 6) is -0.953. The van der Waals surface area contributed by atoms with Crippen molar-refractivity contribution >= 4 is 40.6 Å². The molecule has 26 heavy (non-hydrogen) atoms. The molecule has 9 heteroatoms. The number of halogens is 1. The number of carbonyl (C=O) groups is 2. The molecule has 2 aromatic heterocycles. The fraction of sp³-hybridized carbons (Fsp3) is 0.176. The van der Waals surface area contributed by atoms with Crippen molar-refractivity contribution in [2.24, 2.45) is 0 Å². The number of rotatable bonds is 5. The van der Waals surface area contributed by atoms with E-state index in [1.54, 1.807) is 0 Å². The maximum absolute atomic E-state index is 12.1. The molecule has 0 bridgehead atoms. The van der Waals surface area contributed by atoms with Crippen molar-refractivity contribution in [3.63, 3.8) is 0 Å². The van der Waals surface area contributed by atoms with Crippen molar-refractivity contribution in [2.45, 2.75) is 19.4 Å². The minimum atomic E-state index is -1.22. The van der Waals surface area contributed by atoms with Crippen LogP contribution in [0.3, 0.4) is 0 Å². The number of nitrogens with one attached hydrogen (secondary N) is 1. The van der Waals surface area contributed by atoms with Gasteiger partial charge in [0.2, 0.25) is 5.71 Å². The van der Waals surface area contributed by atoms with Crippen molar-refractivity contribution in [1.82, 2.24) is 9.97 Å². The van der Waals surface area contributed by atoms with Crippen LogP contribution in [0.4, 0.5) is 10.6 Å². The Kier molecular flexibility index (Phi) is 5.04. The van der Waals surface area contributed by atoms with E-state index in [1.807, 2.05) is 30.3 Å². The summed E-state index contributed by atoms with van der Waals surface area (Å²) < 4.78 is 10.5. The standard InChI is InChI=1S/C17H14ClN3O5/c1-9-12(16(22)23)13-14(19-11(7-18)20-15(13)26-9)21-17(24)25-8-10-5-3-2-4-6-10/h2-6H,7-8H2,1H3,(H,22,23)(H,19,20,21,24). The number of hydrogen-bond donors (Lipinski definition) is 2. The van der Waals surface area contributed by atoms with E-state index in [2.05, 4.69) is 15.3 Å². The molecule has 0 radical (unpaired) electrons. The maximum atomic E-state index is 12.1. The van der Waals surface area contributed by atoms with E-state index in [1.165, 1.54) is 6.92 Å². The summed E-state index contributed by atoms with van der Waals surface area (Å²) in [5.41, 5.74) is 0.714. The van der Waals surface area contributed by atoms with E-state index in [9.17, 15) is 14.7 Å². The average molecular weight is 376 g/mol. The zero-order valence-corrected chi connectivity index (χ0v) is 14.4. The Labute approximate surface area is 152 Å². The molecule has 0 fully saturated rings. The third kappa shape index (κ3) is 3.60. The smallest absolute Gasteiger partial charge is 0.413 e. The fourth-order valence-electron chi connectivity index (χ4n) is 2.42. The predicted molar refractivity (Wildman–Crippen MR) is 93.3 cm³/mol. The molecule has 3 rings (SSSR count). The summed E-state index contributed by atoms with van der Waals surface area (Å²) in [6.45, 7) is 1.54. The van der Waals surface area contributed by atoms with Crippen LogP contribution in [0.5, 0.6) is 0 Å². The van der Waals surface area contributed by atoms with Crippen LogP contribution < -0.4 is 5.32 Å². The van der Waals surface area contributed by atoms with E-state index in [4.69, 9.17) is 20.8 Å². The summed E-state index contributed by atoms with van der Waals surface area (Å²) in [6.07, 6.45) is -0.787. The second kappa shape index (κ2) is 7.40. The van der Waals surface area contributed by atoms with Gasteiger partial charge in [0.25, 0.3) is 0 Å². The third-order valence-corrected chi connectivity index (χ3v) is 3.78. The number of amides is 1. The number of fused-ring (bicyclic) bond motifs is 1. The van der Waals surface area contributed by atoms with Crippen LogP contribution in [-0.4, -0.2) is 27.1 Å². The van der Waals surface area contributed by atoms with Crippen LogP contribution in [0, 0.1) is 6.92 Å². The first kappa shape index (κ1) is 17.7. The van der Waals surface area contributed by atoms with Gasteiger partial charge in [0.05, 0.1) is 11.3 Å². The van der Waals surface area contributed by atoms with Gasteiger partial charge in [0.1, 0.15) is 23.8 Å². The highest BCUT2D eigenvalue weighted by Crippen LogP contribution is 2.30. The van der Waals surface area contributed by atoms with Gasteiger partial charge in [-0.3, -0.25) is 5.32 Å². The lowest BCUT2D eigenvalue weighted by molar-refractivity contribution is 0.0696. The van der Waals surface area contributed by atoms with Crippen molar-refractivity contribution in [1.29, 1.82) is 0 Å². The minimum Gasteiger partial charge on any atom is -0.478 e. The zero-order valence-electron chi connectivity index (χ0n) is 13.7. The minimum absolute atomic E-state index is 0.0297. The molecule has 0 unspecified atom stereocenters. The molecule has 2 heterocycles. The number of aromatic carboxylic acids is 1. The Balaban J connectivity index is 1.90. The Morgan fingerprint density at radius 1 is 1.27 bits per heavy atom. The topological polar surface area (TPSA) is 115 Å². The second-order valence-corrected chi connectivity index (χ2v) is 5.59. The highest BCUT2D eigenvalue weighted by molar-refractivity contribution is 6.17. The first-order valence-corrected chi connectivity index (χ1v) is 8.10. The first-order valence-electron chi connectivity index (χ1n) is 7.56. The molecular formula is C17H14ClN3O5. The fourth-order valence-corrected chi connectivity index (χ4v) is 2.54. The average Bonchev–Trinajstić information content (AvgIpc) is 2.97. The molecule has 0 aliphatic rings. The van der Waals surface area contributed by atoms with Crippen molar-refractivity contribution in [3.05, 3.63) is 53.0 Å². The molecule has 0 aliphatic carbocycles. The number of aryl methyl sites for hydroxylation is 1. The van der Waals surface area contributed by atoms with E-state index in [-0.39, 0.29) is 46.6 Å². The predicted octanol–water partition coefficient (Wildman–Crippen LogP) is 3.72. The third-order valence-electron chi connectivity index (χ3n) is 3.54. The SMILES string of the molecule is Cc1oc2nc(CCl)nc(NC(=O)OCc3ccccc3)c2c1C(=O)O. The normalized spacial score (nSPS) is 10.7. The Hall–Kier alpha value is -3.13. The summed E-state index contributed by atoms with van der Waals surface area (Å²) >= 11 is 5.76. The number of furan rings is 1. The molecular weight excluding hydrogens is 362 g/mol. The van der Waals surface area contributed by atoms with Gasteiger partial charge in [-0.05, 0) is 12.5 Å². The molecule has 0 saturated carbocycles. The van der Waals surface area contributed by atoms with Crippen LogP contribution >= 0.6 is 11.6 Å². The number of nitrogens with zero attached hydrogens (tertiary/aromatic N) is 2. The van der Waals surface area contributed by atoms with Gasteiger partial charge in [0, 0.05) is 0 Å². The highest BCUT2D eigenvalue weighted by Gasteiger charge is 2.24. The highest BCUT2D eigenvalue weighted by atomic mass is 35.5. The second-order valence-electron chi connectivity index (χ2n) is 5.33. The number of benzene rings is 1. The Bertz CT molecular complexity index is 971. The molecule has 8 nitrogen and oxygen atoms in total. The van der Waals surface area contributed by atoms with Gasteiger partial charge in [-0.25, -0.2) is 14.6 Å². The number of carboxylic acid groups (broad SMARTS) is 1. The summed E-state index contributed by atoms with van der Waals surface area (Å²) in [7, 11) is 0. The number of alkyl halides is 1. The van der Waals surface area contributed by atoms with Crippen molar-refractivity contribution in [2.75, 3.05) is 5.32 Å². The van der Waals surface area contributed by atoms with Crippen molar-refractivity contribution < 1.29 is 23.8 Å². The molecule has 0 saturated heterocycles. The molecule has 134 valence electrons. The molecule has 2 N–H and O–H groups in total. The number of carbonyl (C=O) groups excluding carboxylic acids is 1. The lowest BCUT2D eigenvalue weighted by atomic mass is 10.2. The molecule has 0 atom stereocenters. The lowest BCUT2D eigenvalue weighted by Crippen LogP contribution is -2.16. The Morgan fingerprint density at radius 2 is 2.00 bits per heavy atom. The summed E-state index contributed by atoms with van der Waals surface area (Å²) in [5, 5.41) is 11.9. The largest absolute Gasteiger partial charge is 0.478 e. The lowest BCUT2D eigenvalue weighted by Gasteiger charge is -2.08. The number of carboxylic acids is 1. The van der Waals surface area contributed by atoms with E-state index in [0.29, 0.717) is 0 Å². The van der Waals surface area contributed by atoms with E-state index < -0.39 is 12.1 Å². The monoisotopic (exact) mass is 375 g/mol. The van der Waals surface area contributed by atoms with Gasteiger partial charge in [-0.2, -0.15) is 4.98 Å². The number of anilines is 1. The van der Waals surface area contributed by atoms with Gasteiger partial charge in [0.15, 0.2) is 5.82 Å². The van der Waals surface area contributed by atoms with Gasteiger partial charge in [-0.1, -0.05) is 30.3 Å². The molecule has 3 aromatic rings. The maximum Gasteiger partial charge on any atom is 0.413 e. The molecule has 0 aliphatic heterocycles. The zero-order chi connectivity index (χ0) is 18.7. The number of aromatic nitrogens is 2. The van der Waals surface area contributed by atoms with Crippen molar-refractivity contribution in [3.8, 4) is 0 Å². The van der Waals surface area contributed by atoms with E-state index in [0.717, 1.165) is 5.56 Å². The van der Waals surface area contributed by atoms with Crippen LogP contribution in [0.25, 0.3) is 11.1 Å². The molecule has 1 amide bonds. The first-order chi connectivity index (χ1) is 12.5. The Morgan fingerprint density at radius 3 is 2.65 bits per heavy atom. The summed E-state index contributed by atoms with van der Waals surface area (Å²) in [4.78, 5) is 31.8. The summed E-state index contributed by atoms with van der Waals surface area (Å²) in [6, 6.07) is 9.12. The van der Waals surface area contributed by atoms with Crippen LogP contribution in [0.2, 0.25) is 0 Å². The quantitative estimate of drug-likeness (QED) is 0.653. The van der Waals surface area contributed by atoms with E-state index >= 15 is 0 Å². The number of hydrogen-bond acceptors (Lipinski definition) is 6. The molecule has 0 spiro atoms. The van der Waals surface area contributed by atoms with Crippen LogP contribution in [0.15, 0.2) is 34.7 Å². The van der Waals surface area contributed by atoms with Crippen LogP contribution in [-0.2, 0) is 17.2 Å². The van der Waals surface area contributed by atoms with Gasteiger partial charge < -0.3 is 14.3 Å².